The highest BCUT2D eigenvalue weighted by Crippen LogP contribution is 2.49. The van der Waals surface area contributed by atoms with Crippen LogP contribution in [0.3, 0.4) is 0 Å². The highest BCUT2D eigenvalue weighted by atomic mass is 16.5. The topological polar surface area (TPSA) is 64.3 Å². The first-order valence-corrected chi connectivity index (χ1v) is 7.39. The quantitative estimate of drug-likeness (QED) is 0.829. The van der Waals surface area contributed by atoms with E-state index in [1.807, 2.05) is 0 Å². The second-order valence-corrected chi connectivity index (χ2v) is 6.15. The van der Waals surface area contributed by atoms with Crippen molar-refractivity contribution in [1.82, 2.24) is 0 Å². The molecule has 0 saturated heterocycles. The lowest BCUT2D eigenvalue weighted by Gasteiger charge is -2.21. The molecule has 3 unspecified atom stereocenters. The molecule has 2 saturated carbocycles. The molecule has 3 rings (SSSR count). The SMILES string of the molecule is COc1ccc(N)cc1NC(=O)CC1CC2CCC1C2. The summed E-state index contributed by atoms with van der Waals surface area (Å²) in [6.07, 6.45) is 5.86. The van der Waals surface area contributed by atoms with Crippen molar-refractivity contribution in [2.75, 3.05) is 18.2 Å². The number of carbonyl (C=O) groups is 1. The van der Waals surface area contributed by atoms with Crippen LogP contribution in [0.2, 0.25) is 0 Å². The number of hydrogen-bond donors (Lipinski definition) is 2. The van der Waals surface area contributed by atoms with Crippen LogP contribution in [0.1, 0.15) is 32.1 Å². The fourth-order valence-electron chi connectivity index (χ4n) is 3.89. The van der Waals surface area contributed by atoms with Gasteiger partial charge in [0.05, 0.1) is 12.8 Å². The molecule has 2 aliphatic carbocycles. The summed E-state index contributed by atoms with van der Waals surface area (Å²) in [4.78, 5) is 12.2. The Morgan fingerprint density at radius 2 is 2.25 bits per heavy atom. The molecule has 1 amide bonds. The van der Waals surface area contributed by atoms with Crippen molar-refractivity contribution >= 4 is 17.3 Å². The lowest BCUT2D eigenvalue weighted by molar-refractivity contribution is -0.117. The Kier molecular flexibility index (Phi) is 3.55. The Bertz CT molecular complexity index is 515. The molecule has 108 valence electrons. The zero-order chi connectivity index (χ0) is 14.1. The predicted octanol–water partition coefficient (Wildman–Crippen LogP) is 3.04. The Labute approximate surface area is 119 Å². The van der Waals surface area contributed by atoms with Gasteiger partial charge < -0.3 is 15.8 Å². The number of hydrogen-bond acceptors (Lipinski definition) is 3. The number of nitrogen functional groups attached to an aromatic ring is 1. The van der Waals surface area contributed by atoms with Crippen molar-refractivity contribution in [2.24, 2.45) is 17.8 Å². The lowest BCUT2D eigenvalue weighted by atomic mass is 9.86. The van der Waals surface area contributed by atoms with E-state index in [9.17, 15) is 4.79 Å². The summed E-state index contributed by atoms with van der Waals surface area (Å²) in [5.74, 6) is 2.95. The van der Waals surface area contributed by atoms with Crippen LogP contribution in [-0.2, 0) is 4.79 Å². The molecule has 2 aliphatic rings. The standard InChI is InChI=1S/C16H22N2O2/c1-20-15-5-4-13(17)9-14(15)18-16(19)8-12-7-10-2-3-11(12)6-10/h4-5,9-12H,2-3,6-8,17H2,1H3,(H,18,19). The Balaban J connectivity index is 1.63. The third kappa shape index (κ3) is 2.60. The number of nitrogens with two attached hydrogens (primary N) is 1. The van der Waals surface area contributed by atoms with Gasteiger partial charge in [-0.1, -0.05) is 6.42 Å². The maximum Gasteiger partial charge on any atom is 0.224 e. The number of nitrogens with one attached hydrogen (secondary N) is 1. The average molecular weight is 274 g/mol. The molecule has 2 fully saturated rings. The average Bonchev–Trinajstić information content (AvgIpc) is 3.01. The van der Waals surface area contributed by atoms with Gasteiger partial charge >= 0.3 is 0 Å². The van der Waals surface area contributed by atoms with Gasteiger partial charge in [-0.3, -0.25) is 4.79 Å². The van der Waals surface area contributed by atoms with E-state index in [4.69, 9.17) is 10.5 Å². The molecule has 0 radical (unpaired) electrons. The molecule has 1 aromatic carbocycles. The van der Waals surface area contributed by atoms with Crippen LogP contribution in [-0.4, -0.2) is 13.0 Å². The molecule has 3 atom stereocenters. The first kappa shape index (κ1) is 13.3. The van der Waals surface area contributed by atoms with Gasteiger partial charge in [0.2, 0.25) is 5.91 Å². The van der Waals surface area contributed by atoms with Crippen molar-refractivity contribution < 1.29 is 9.53 Å². The van der Waals surface area contributed by atoms with E-state index >= 15 is 0 Å². The number of ether oxygens (including phenoxy) is 1. The number of amides is 1. The van der Waals surface area contributed by atoms with Gasteiger partial charge in [0.15, 0.2) is 0 Å². The summed E-state index contributed by atoms with van der Waals surface area (Å²) < 4.78 is 5.25. The number of anilines is 2. The molecule has 0 heterocycles. The van der Waals surface area contributed by atoms with Crippen molar-refractivity contribution in [3.8, 4) is 5.75 Å². The molecule has 3 N–H and O–H groups in total. The van der Waals surface area contributed by atoms with Gasteiger partial charge in [-0.15, -0.1) is 0 Å². The van der Waals surface area contributed by atoms with Crippen molar-refractivity contribution in [1.29, 1.82) is 0 Å². The summed E-state index contributed by atoms with van der Waals surface area (Å²) in [7, 11) is 1.59. The molecule has 0 aromatic heterocycles. The van der Waals surface area contributed by atoms with Crippen LogP contribution >= 0.6 is 0 Å². The number of methoxy groups -OCH3 is 1. The van der Waals surface area contributed by atoms with E-state index in [2.05, 4.69) is 5.32 Å². The van der Waals surface area contributed by atoms with Crippen LogP contribution in [0.25, 0.3) is 0 Å². The minimum Gasteiger partial charge on any atom is -0.495 e. The van der Waals surface area contributed by atoms with Crippen LogP contribution in [0.15, 0.2) is 18.2 Å². The third-order valence-electron chi connectivity index (χ3n) is 4.83. The van der Waals surface area contributed by atoms with Gasteiger partial charge in [-0.05, 0) is 55.2 Å². The van der Waals surface area contributed by atoms with Gasteiger partial charge in [-0.2, -0.15) is 0 Å². The third-order valence-corrected chi connectivity index (χ3v) is 4.83. The number of fused-ring (bicyclic) bond motifs is 2. The van der Waals surface area contributed by atoms with Gasteiger partial charge in [0, 0.05) is 12.1 Å². The van der Waals surface area contributed by atoms with E-state index in [1.165, 1.54) is 25.7 Å². The first-order valence-electron chi connectivity index (χ1n) is 7.39. The lowest BCUT2D eigenvalue weighted by Crippen LogP contribution is -2.20. The first-order chi connectivity index (χ1) is 9.65. The maximum absolute atomic E-state index is 12.2. The minimum atomic E-state index is 0.0754. The Hall–Kier alpha value is -1.71. The summed E-state index contributed by atoms with van der Waals surface area (Å²) in [5, 5.41) is 2.94. The summed E-state index contributed by atoms with van der Waals surface area (Å²) in [6.45, 7) is 0. The largest absolute Gasteiger partial charge is 0.495 e. The van der Waals surface area contributed by atoms with E-state index in [1.54, 1.807) is 25.3 Å². The number of rotatable bonds is 4. The molecule has 2 bridgehead atoms. The molecular formula is C16H22N2O2. The molecule has 1 aromatic rings. The van der Waals surface area contributed by atoms with Crippen LogP contribution in [0.5, 0.6) is 5.75 Å². The summed E-state index contributed by atoms with van der Waals surface area (Å²) in [5.41, 5.74) is 7.06. The fraction of sp³-hybridized carbons (Fsp3) is 0.562. The van der Waals surface area contributed by atoms with Gasteiger partial charge in [0.25, 0.3) is 0 Å². The molecule has 20 heavy (non-hydrogen) atoms. The second kappa shape index (κ2) is 5.35. The molecule has 0 aliphatic heterocycles. The smallest absolute Gasteiger partial charge is 0.224 e. The molecule has 0 spiro atoms. The van der Waals surface area contributed by atoms with Crippen molar-refractivity contribution in [3.63, 3.8) is 0 Å². The number of benzene rings is 1. The van der Waals surface area contributed by atoms with Crippen LogP contribution < -0.4 is 15.8 Å². The zero-order valence-corrected chi connectivity index (χ0v) is 11.9. The Morgan fingerprint density at radius 1 is 1.40 bits per heavy atom. The molecular weight excluding hydrogens is 252 g/mol. The van der Waals surface area contributed by atoms with Gasteiger partial charge in [0.1, 0.15) is 5.75 Å². The summed E-state index contributed by atoms with van der Waals surface area (Å²) in [6, 6.07) is 5.30. The van der Waals surface area contributed by atoms with Crippen LogP contribution in [0, 0.1) is 17.8 Å². The van der Waals surface area contributed by atoms with Crippen molar-refractivity contribution in [2.45, 2.75) is 32.1 Å². The van der Waals surface area contributed by atoms with Gasteiger partial charge in [-0.25, -0.2) is 0 Å². The molecule has 4 nitrogen and oxygen atoms in total. The second-order valence-electron chi connectivity index (χ2n) is 6.15. The van der Waals surface area contributed by atoms with E-state index < -0.39 is 0 Å². The Morgan fingerprint density at radius 3 is 2.90 bits per heavy atom. The highest BCUT2D eigenvalue weighted by molar-refractivity contribution is 5.93. The van der Waals surface area contributed by atoms with E-state index in [0.29, 0.717) is 29.5 Å². The highest BCUT2D eigenvalue weighted by Gasteiger charge is 2.40. The minimum absolute atomic E-state index is 0.0754. The molecule has 4 heteroatoms. The monoisotopic (exact) mass is 274 g/mol. The maximum atomic E-state index is 12.2. The van der Waals surface area contributed by atoms with E-state index in [-0.39, 0.29) is 5.91 Å². The number of carbonyl (C=O) groups excluding carboxylic acids is 1. The zero-order valence-electron chi connectivity index (χ0n) is 11.9. The van der Waals surface area contributed by atoms with E-state index in [0.717, 1.165) is 11.8 Å². The fourth-order valence-corrected chi connectivity index (χ4v) is 3.89. The normalized spacial score (nSPS) is 27.6. The van der Waals surface area contributed by atoms with Crippen molar-refractivity contribution in [3.05, 3.63) is 18.2 Å². The predicted molar refractivity (Wildman–Crippen MR) is 79.6 cm³/mol. The summed E-state index contributed by atoms with van der Waals surface area (Å²) >= 11 is 0. The van der Waals surface area contributed by atoms with Crippen LogP contribution in [0.4, 0.5) is 11.4 Å².